The van der Waals surface area contributed by atoms with Crippen LogP contribution in [0.3, 0.4) is 0 Å². The molecule has 24 heavy (non-hydrogen) atoms. The van der Waals surface area contributed by atoms with Gasteiger partial charge in [0, 0.05) is 47.5 Å². The number of benzene rings is 1. The minimum Gasteiger partial charge on any atom is -0.353 e. The average Bonchev–Trinajstić information content (AvgIpc) is 2.61. The van der Waals surface area contributed by atoms with E-state index in [0.717, 1.165) is 54.7 Å². The Labute approximate surface area is 148 Å². The van der Waals surface area contributed by atoms with Gasteiger partial charge in [-0.3, -0.25) is 0 Å². The Morgan fingerprint density at radius 2 is 1.92 bits per heavy atom. The van der Waals surface area contributed by atoms with E-state index in [0.29, 0.717) is 6.04 Å². The molecule has 0 bridgehead atoms. The van der Waals surface area contributed by atoms with Crippen molar-refractivity contribution in [3.63, 3.8) is 0 Å². The van der Waals surface area contributed by atoms with E-state index in [2.05, 4.69) is 17.1 Å². The molecule has 0 amide bonds. The molecule has 2 aliphatic rings. The summed E-state index contributed by atoms with van der Waals surface area (Å²) in [5.74, 6) is 1.98. The van der Waals surface area contributed by atoms with Gasteiger partial charge in [-0.1, -0.05) is 11.6 Å². The Kier molecular flexibility index (Phi) is 4.42. The van der Waals surface area contributed by atoms with Gasteiger partial charge < -0.3 is 10.2 Å². The predicted octanol–water partition coefficient (Wildman–Crippen LogP) is 3.47. The van der Waals surface area contributed by atoms with Crippen LogP contribution >= 0.6 is 11.6 Å². The standard InChI is InChI=1S/C19H23ClN4/c1-13-12-24(11-10-21-13)19-16-4-2-3-5-17(16)22-18(23-19)14-6-8-15(20)9-7-14/h6-9,13,21H,2-5,10-12H2,1H3. The fourth-order valence-electron chi connectivity index (χ4n) is 3.69. The van der Waals surface area contributed by atoms with Gasteiger partial charge in [0.1, 0.15) is 5.82 Å². The molecule has 2 aromatic rings. The molecule has 1 aromatic carbocycles. The molecule has 4 nitrogen and oxygen atoms in total. The molecule has 4 rings (SSSR count). The molecule has 1 aliphatic carbocycles. The quantitative estimate of drug-likeness (QED) is 0.907. The van der Waals surface area contributed by atoms with Crippen LogP contribution < -0.4 is 10.2 Å². The number of fused-ring (bicyclic) bond motifs is 1. The number of halogens is 1. The van der Waals surface area contributed by atoms with E-state index in [1.54, 1.807) is 0 Å². The summed E-state index contributed by atoms with van der Waals surface area (Å²) < 4.78 is 0. The number of rotatable bonds is 2. The van der Waals surface area contributed by atoms with Crippen LogP contribution in [-0.4, -0.2) is 35.6 Å². The maximum atomic E-state index is 6.03. The van der Waals surface area contributed by atoms with Gasteiger partial charge in [-0.15, -0.1) is 0 Å². The van der Waals surface area contributed by atoms with Gasteiger partial charge >= 0.3 is 0 Å². The smallest absolute Gasteiger partial charge is 0.161 e. The molecule has 1 aliphatic heterocycles. The van der Waals surface area contributed by atoms with Gasteiger partial charge in [0.25, 0.3) is 0 Å². The van der Waals surface area contributed by atoms with Crippen LogP contribution in [0.1, 0.15) is 31.0 Å². The fraction of sp³-hybridized carbons (Fsp3) is 0.474. The molecule has 0 spiro atoms. The van der Waals surface area contributed by atoms with E-state index in [9.17, 15) is 0 Å². The minimum absolute atomic E-state index is 0.493. The van der Waals surface area contributed by atoms with Crippen molar-refractivity contribution in [2.75, 3.05) is 24.5 Å². The van der Waals surface area contributed by atoms with Crippen LogP contribution in [0, 0.1) is 0 Å². The molecule has 1 saturated heterocycles. The lowest BCUT2D eigenvalue weighted by molar-refractivity contribution is 0.480. The van der Waals surface area contributed by atoms with Gasteiger partial charge in [-0.25, -0.2) is 9.97 Å². The van der Waals surface area contributed by atoms with Crippen molar-refractivity contribution in [2.24, 2.45) is 0 Å². The molecule has 5 heteroatoms. The molecular formula is C19H23ClN4. The van der Waals surface area contributed by atoms with Gasteiger partial charge in [0.15, 0.2) is 5.82 Å². The van der Waals surface area contributed by atoms with E-state index in [4.69, 9.17) is 21.6 Å². The summed E-state index contributed by atoms with van der Waals surface area (Å²) in [6.45, 7) is 5.26. The average molecular weight is 343 g/mol. The summed E-state index contributed by atoms with van der Waals surface area (Å²) in [6, 6.07) is 8.33. The third-order valence-corrected chi connectivity index (χ3v) is 5.18. The molecule has 2 heterocycles. The monoisotopic (exact) mass is 342 g/mol. The second-order valence-corrected chi connectivity index (χ2v) is 7.25. The second-order valence-electron chi connectivity index (χ2n) is 6.81. The van der Waals surface area contributed by atoms with Crippen molar-refractivity contribution in [3.8, 4) is 11.4 Å². The van der Waals surface area contributed by atoms with Gasteiger partial charge in [-0.05, 0) is 56.9 Å². The van der Waals surface area contributed by atoms with Crippen molar-refractivity contribution in [2.45, 2.75) is 38.6 Å². The highest BCUT2D eigenvalue weighted by molar-refractivity contribution is 6.30. The Balaban J connectivity index is 1.78. The lowest BCUT2D eigenvalue weighted by Crippen LogP contribution is -2.50. The normalized spacial score (nSPS) is 20.8. The summed E-state index contributed by atoms with van der Waals surface area (Å²) in [5, 5.41) is 4.26. The molecule has 1 fully saturated rings. The summed E-state index contributed by atoms with van der Waals surface area (Å²) in [7, 11) is 0. The second kappa shape index (κ2) is 6.69. The van der Waals surface area contributed by atoms with Crippen molar-refractivity contribution < 1.29 is 0 Å². The molecular weight excluding hydrogens is 320 g/mol. The van der Waals surface area contributed by atoms with E-state index >= 15 is 0 Å². The highest BCUT2D eigenvalue weighted by atomic mass is 35.5. The number of hydrogen-bond donors (Lipinski definition) is 1. The Morgan fingerprint density at radius 1 is 1.12 bits per heavy atom. The third-order valence-electron chi connectivity index (χ3n) is 4.93. The van der Waals surface area contributed by atoms with Crippen LogP contribution in [0.2, 0.25) is 5.02 Å². The van der Waals surface area contributed by atoms with Gasteiger partial charge in [-0.2, -0.15) is 0 Å². The summed E-state index contributed by atoms with van der Waals surface area (Å²) in [5.41, 5.74) is 3.65. The zero-order valence-corrected chi connectivity index (χ0v) is 14.8. The first kappa shape index (κ1) is 15.9. The van der Waals surface area contributed by atoms with Crippen LogP contribution in [0.4, 0.5) is 5.82 Å². The largest absolute Gasteiger partial charge is 0.353 e. The molecule has 0 saturated carbocycles. The number of nitrogens with zero attached hydrogens (tertiary/aromatic N) is 3. The predicted molar refractivity (Wildman–Crippen MR) is 98.8 cm³/mol. The summed E-state index contributed by atoms with van der Waals surface area (Å²) in [6.07, 6.45) is 4.63. The Morgan fingerprint density at radius 3 is 2.71 bits per heavy atom. The fourth-order valence-corrected chi connectivity index (χ4v) is 3.81. The Hall–Kier alpha value is -1.65. The summed E-state index contributed by atoms with van der Waals surface area (Å²) in [4.78, 5) is 12.3. The Bertz CT molecular complexity index is 729. The van der Waals surface area contributed by atoms with Gasteiger partial charge in [0.05, 0.1) is 0 Å². The lowest BCUT2D eigenvalue weighted by atomic mass is 9.95. The molecule has 1 aromatic heterocycles. The van der Waals surface area contributed by atoms with Crippen molar-refractivity contribution in [1.82, 2.24) is 15.3 Å². The first-order valence-electron chi connectivity index (χ1n) is 8.85. The zero-order chi connectivity index (χ0) is 16.5. The summed E-state index contributed by atoms with van der Waals surface area (Å²) >= 11 is 6.03. The molecule has 1 atom stereocenters. The van der Waals surface area contributed by atoms with Crippen molar-refractivity contribution >= 4 is 17.4 Å². The first-order chi connectivity index (χ1) is 11.7. The van der Waals surface area contributed by atoms with E-state index in [-0.39, 0.29) is 0 Å². The van der Waals surface area contributed by atoms with Crippen LogP contribution in [0.5, 0.6) is 0 Å². The van der Waals surface area contributed by atoms with Crippen LogP contribution in [0.25, 0.3) is 11.4 Å². The number of anilines is 1. The zero-order valence-electron chi connectivity index (χ0n) is 14.1. The first-order valence-corrected chi connectivity index (χ1v) is 9.22. The number of nitrogens with one attached hydrogen (secondary N) is 1. The lowest BCUT2D eigenvalue weighted by Gasteiger charge is -2.35. The topological polar surface area (TPSA) is 41.1 Å². The molecule has 126 valence electrons. The van der Waals surface area contributed by atoms with Crippen LogP contribution in [-0.2, 0) is 12.8 Å². The molecule has 1 unspecified atom stereocenters. The highest BCUT2D eigenvalue weighted by Gasteiger charge is 2.24. The number of aryl methyl sites for hydroxylation is 1. The van der Waals surface area contributed by atoms with E-state index in [1.807, 2.05) is 24.3 Å². The number of aromatic nitrogens is 2. The molecule has 0 radical (unpaired) electrons. The number of hydrogen-bond acceptors (Lipinski definition) is 4. The van der Waals surface area contributed by atoms with E-state index < -0.39 is 0 Å². The van der Waals surface area contributed by atoms with Gasteiger partial charge in [0.2, 0.25) is 0 Å². The third kappa shape index (κ3) is 3.13. The van der Waals surface area contributed by atoms with Crippen molar-refractivity contribution in [1.29, 1.82) is 0 Å². The maximum Gasteiger partial charge on any atom is 0.161 e. The maximum absolute atomic E-state index is 6.03. The van der Waals surface area contributed by atoms with Crippen molar-refractivity contribution in [3.05, 3.63) is 40.5 Å². The highest BCUT2D eigenvalue weighted by Crippen LogP contribution is 2.31. The van der Waals surface area contributed by atoms with E-state index in [1.165, 1.54) is 24.1 Å². The van der Waals surface area contributed by atoms with Crippen LogP contribution in [0.15, 0.2) is 24.3 Å². The number of piperazine rings is 1. The molecule has 1 N–H and O–H groups in total. The minimum atomic E-state index is 0.493. The SMILES string of the molecule is CC1CN(c2nc(-c3ccc(Cl)cc3)nc3c2CCCC3)CCN1.